The minimum absolute atomic E-state index is 0.480. The second-order valence-electron chi connectivity index (χ2n) is 5.69. The van der Waals surface area contributed by atoms with E-state index in [1.807, 2.05) is 6.20 Å². The van der Waals surface area contributed by atoms with Gasteiger partial charge in [0.2, 0.25) is 0 Å². The van der Waals surface area contributed by atoms with Crippen molar-refractivity contribution in [3.8, 4) is 0 Å². The Bertz CT molecular complexity index is 501. The van der Waals surface area contributed by atoms with E-state index >= 15 is 0 Å². The average Bonchev–Trinajstić information content (AvgIpc) is 2.84. The summed E-state index contributed by atoms with van der Waals surface area (Å²) in [6.45, 7) is 9.71. The Labute approximate surface area is 115 Å². The summed E-state index contributed by atoms with van der Waals surface area (Å²) < 4.78 is 0. The number of rotatable bonds is 7. The van der Waals surface area contributed by atoms with Crippen molar-refractivity contribution in [3.05, 3.63) is 36.0 Å². The second kappa shape index (κ2) is 6.73. The molecule has 1 aromatic heterocycles. The fourth-order valence-corrected chi connectivity index (χ4v) is 2.25. The molecule has 1 atom stereocenters. The molecule has 0 radical (unpaired) electrons. The first kappa shape index (κ1) is 14.1. The monoisotopic (exact) mass is 259 g/mol. The summed E-state index contributed by atoms with van der Waals surface area (Å²) in [5, 5.41) is 8.38. The number of hydrogen-bond acceptors (Lipinski definition) is 2. The minimum atomic E-state index is 0.480. The number of nitrogens with one attached hydrogen (secondary N) is 3. The van der Waals surface area contributed by atoms with Gasteiger partial charge in [0.1, 0.15) is 0 Å². The van der Waals surface area contributed by atoms with Crippen LogP contribution in [0.4, 0.5) is 0 Å². The smallest absolute Gasteiger partial charge is 0.0457 e. The molecule has 3 nitrogen and oxygen atoms in total. The van der Waals surface area contributed by atoms with Crippen LogP contribution in [0.3, 0.4) is 0 Å². The maximum Gasteiger partial charge on any atom is 0.0457 e. The summed E-state index contributed by atoms with van der Waals surface area (Å²) >= 11 is 0. The van der Waals surface area contributed by atoms with Crippen LogP contribution in [-0.4, -0.2) is 24.1 Å². The molecule has 0 aliphatic carbocycles. The van der Waals surface area contributed by atoms with Gasteiger partial charge in [0.15, 0.2) is 0 Å². The zero-order chi connectivity index (χ0) is 13.7. The zero-order valence-corrected chi connectivity index (χ0v) is 12.2. The fourth-order valence-electron chi connectivity index (χ4n) is 2.25. The number of aromatic amines is 1. The molecule has 104 valence electrons. The lowest BCUT2D eigenvalue weighted by molar-refractivity contribution is 0.473. The van der Waals surface area contributed by atoms with Crippen LogP contribution in [0.2, 0.25) is 0 Å². The highest BCUT2D eigenvalue weighted by atomic mass is 15.0. The Morgan fingerprint density at radius 3 is 2.74 bits per heavy atom. The maximum absolute atomic E-state index is 3.58. The summed E-state index contributed by atoms with van der Waals surface area (Å²) in [5.74, 6) is 0.709. The van der Waals surface area contributed by atoms with E-state index in [0.29, 0.717) is 12.0 Å². The van der Waals surface area contributed by atoms with Gasteiger partial charge < -0.3 is 15.6 Å². The van der Waals surface area contributed by atoms with E-state index in [1.165, 1.54) is 16.5 Å². The molecule has 1 unspecified atom stereocenters. The van der Waals surface area contributed by atoms with E-state index in [2.05, 4.69) is 60.7 Å². The van der Waals surface area contributed by atoms with Gasteiger partial charge in [-0.05, 0) is 37.1 Å². The summed E-state index contributed by atoms with van der Waals surface area (Å²) in [5.41, 5.74) is 2.57. The Kier molecular flexibility index (Phi) is 5.00. The zero-order valence-electron chi connectivity index (χ0n) is 12.2. The third-order valence-electron chi connectivity index (χ3n) is 3.33. The Morgan fingerprint density at radius 1 is 1.11 bits per heavy atom. The number of benzene rings is 1. The molecule has 0 fully saturated rings. The highest BCUT2D eigenvalue weighted by Gasteiger charge is 2.04. The van der Waals surface area contributed by atoms with E-state index in [1.54, 1.807) is 0 Å². The van der Waals surface area contributed by atoms with Gasteiger partial charge in [-0.3, -0.25) is 0 Å². The molecule has 3 heteroatoms. The molecule has 0 amide bonds. The van der Waals surface area contributed by atoms with Gasteiger partial charge in [-0.15, -0.1) is 0 Å². The highest BCUT2D eigenvalue weighted by molar-refractivity contribution is 5.82. The SMILES string of the molecule is CC(C)CNCC(C)NCc1cccc2[nH]ccc12. The molecule has 1 heterocycles. The van der Waals surface area contributed by atoms with Crippen LogP contribution in [0, 0.1) is 5.92 Å². The van der Waals surface area contributed by atoms with E-state index in [-0.39, 0.29) is 0 Å². The standard InChI is InChI=1S/C16H25N3/c1-12(2)9-17-10-13(3)19-11-14-5-4-6-16-15(14)7-8-18-16/h4-8,12-13,17-19H,9-11H2,1-3H3. The largest absolute Gasteiger partial charge is 0.361 e. The van der Waals surface area contributed by atoms with Crippen LogP contribution in [0.25, 0.3) is 10.9 Å². The van der Waals surface area contributed by atoms with E-state index in [0.717, 1.165) is 19.6 Å². The lowest BCUT2D eigenvalue weighted by atomic mass is 10.1. The minimum Gasteiger partial charge on any atom is -0.361 e. The molecule has 3 N–H and O–H groups in total. The molecule has 19 heavy (non-hydrogen) atoms. The maximum atomic E-state index is 3.58. The van der Waals surface area contributed by atoms with Crippen LogP contribution in [-0.2, 0) is 6.54 Å². The van der Waals surface area contributed by atoms with Gasteiger partial charge in [-0.2, -0.15) is 0 Å². The van der Waals surface area contributed by atoms with Crippen LogP contribution in [0.1, 0.15) is 26.3 Å². The van der Waals surface area contributed by atoms with Gasteiger partial charge in [0, 0.05) is 36.2 Å². The molecular weight excluding hydrogens is 234 g/mol. The van der Waals surface area contributed by atoms with Crippen molar-refractivity contribution in [1.29, 1.82) is 0 Å². The topological polar surface area (TPSA) is 39.8 Å². The predicted octanol–water partition coefficient (Wildman–Crippen LogP) is 2.89. The normalized spacial score (nSPS) is 13.3. The lowest BCUT2D eigenvalue weighted by Crippen LogP contribution is -2.37. The molecular formula is C16H25N3. The number of aromatic nitrogens is 1. The van der Waals surface area contributed by atoms with Crippen LogP contribution in [0.5, 0.6) is 0 Å². The van der Waals surface area contributed by atoms with E-state index < -0.39 is 0 Å². The number of H-pyrrole nitrogens is 1. The second-order valence-corrected chi connectivity index (χ2v) is 5.69. The Balaban J connectivity index is 1.83. The first-order chi connectivity index (χ1) is 9.16. The third kappa shape index (κ3) is 4.08. The molecule has 0 saturated heterocycles. The summed E-state index contributed by atoms with van der Waals surface area (Å²) in [7, 11) is 0. The molecule has 0 saturated carbocycles. The molecule has 0 bridgehead atoms. The van der Waals surface area contributed by atoms with Crippen LogP contribution in [0.15, 0.2) is 30.5 Å². The molecule has 1 aromatic carbocycles. The van der Waals surface area contributed by atoms with Gasteiger partial charge in [-0.25, -0.2) is 0 Å². The quantitative estimate of drug-likeness (QED) is 0.715. The first-order valence-electron chi connectivity index (χ1n) is 7.16. The van der Waals surface area contributed by atoms with Crippen LogP contribution >= 0.6 is 0 Å². The Morgan fingerprint density at radius 2 is 1.95 bits per heavy atom. The van der Waals surface area contributed by atoms with E-state index in [9.17, 15) is 0 Å². The van der Waals surface area contributed by atoms with Crippen molar-refractivity contribution < 1.29 is 0 Å². The third-order valence-corrected chi connectivity index (χ3v) is 3.33. The highest BCUT2D eigenvalue weighted by Crippen LogP contribution is 2.17. The average molecular weight is 259 g/mol. The molecule has 2 rings (SSSR count). The van der Waals surface area contributed by atoms with Gasteiger partial charge in [-0.1, -0.05) is 26.0 Å². The van der Waals surface area contributed by atoms with Crippen molar-refractivity contribution in [2.75, 3.05) is 13.1 Å². The van der Waals surface area contributed by atoms with Crippen molar-refractivity contribution in [1.82, 2.24) is 15.6 Å². The molecule has 2 aromatic rings. The number of fused-ring (bicyclic) bond motifs is 1. The Hall–Kier alpha value is -1.32. The van der Waals surface area contributed by atoms with Gasteiger partial charge >= 0.3 is 0 Å². The summed E-state index contributed by atoms with van der Waals surface area (Å²) in [6, 6.07) is 9.04. The summed E-state index contributed by atoms with van der Waals surface area (Å²) in [4.78, 5) is 3.25. The van der Waals surface area contributed by atoms with Gasteiger partial charge in [0.05, 0.1) is 0 Å². The first-order valence-corrected chi connectivity index (χ1v) is 7.16. The number of hydrogen-bond donors (Lipinski definition) is 3. The molecule has 0 spiro atoms. The van der Waals surface area contributed by atoms with Crippen molar-refractivity contribution in [2.24, 2.45) is 5.92 Å². The summed E-state index contributed by atoms with van der Waals surface area (Å²) in [6.07, 6.45) is 2.00. The van der Waals surface area contributed by atoms with Crippen molar-refractivity contribution in [3.63, 3.8) is 0 Å². The van der Waals surface area contributed by atoms with Crippen LogP contribution < -0.4 is 10.6 Å². The lowest BCUT2D eigenvalue weighted by Gasteiger charge is -2.16. The molecule has 0 aliphatic heterocycles. The van der Waals surface area contributed by atoms with Crippen molar-refractivity contribution >= 4 is 10.9 Å². The van der Waals surface area contributed by atoms with Crippen molar-refractivity contribution in [2.45, 2.75) is 33.4 Å². The fraction of sp³-hybridized carbons (Fsp3) is 0.500. The van der Waals surface area contributed by atoms with Gasteiger partial charge in [0.25, 0.3) is 0 Å². The molecule has 0 aliphatic rings. The van der Waals surface area contributed by atoms with E-state index in [4.69, 9.17) is 0 Å². The predicted molar refractivity (Wildman–Crippen MR) is 82.3 cm³/mol.